The highest BCUT2D eigenvalue weighted by Crippen LogP contribution is 2.22. The first-order chi connectivity index (χ1) is 10.2. The molecule has 4 nitrogen and oxygen atoms in total. The topological polar surface area (TPSA) is 46.9 Å². The standard InChI is InChI=1S/C16H18ClN3O/c1-2-7-20-15(14(17)10-19-20)16(21)12-4-3-11-5-6-18-9-13(11)8-12/h3-4,8,10,18H,2,5-7,9H2,1H3. The molecule has 110 valence electrons. The van der Waals surface area contributed by atoms with Gasteiger partial charge in [0.05, 0.1) is 11.2 Å². The van der Waals surface area contributed by atoms with Gasteiger partial charge < -0.3 is 5.32 Å². The molecule has 2 aromatic rings. The molecule has 0 fully saturated rings. The highest BCUT2D eigenvalue weighted by Gasteiger charge is 2.20. The summed E-state index contributed by atoms with van der Waals surface area (Å²) in [5.74, 6) is -0.0562. The number of aromatic nitrogens is 2. The number of rotatable bonds is 4. The van der Waals surface area contributed by atoms with Crippen LogP contribution in [0.3, 0.4) is 0 Å². The lowest BCUT2D eigenvalue weighted by Crippen LogP contribution is -2.24. The van der Waals surface area contributed by atoms with Crippen LogP contribution in [0.15, 0.2) is 24.4 Å². The number of carbonyl (C=O) groups excluding carboxylic acids is 1. The summed E-state index contributed by atoms with van der Waals surface area (Å²) in [4.78, 5) is 12.7. The molecule has 1 aliphatic rings. The second-order valence-corrected chi connectivity index (χ2v) is 5.71. The zero-order valence-electron chi connectivity index (χ0n) is 12.0. The van der Waals surface area contributed by atoms with Crippen molar-refractivity contribution in [2.75, 3.05) is 6.54 Å². The van der Waals surface area contributed by atoms with Gasteiger partial charge in [0, 0.05) is 18.7 Å². The van der Waals surface area contributed by atoms with Crippen molar-refractivity contribution in [3.8, 4) is 0 Å². The Morgan fingerprint density at radius 1 is 1.43 bits per heavy atom. The molecule has 0 bridgehead atoms. The highest BCUT2D eigenvalue weighted by molar-refractivity contribution is 6.34. The summed E-state index contributed by atoms with van der Waals surface area (Å²) in [6.45, 7) is 4.56. The molecule has 3 rings (SSSR count). The molecule has 1 aromatic carbocycles. The maximum atomic E-state index is 12.7. The van der Waals surface area contributed by atoms with E-state index in [1.807, 2.05) is 12.1 Å². The Morgan fingerprint density at radius 3 is 3.10 bits per heavy atom. The summed E-state index contributed by atoms with van der Waals surface area (Å²) in [5.41, 5.74) is 3.68. The van der Waals surface area contributed by atoms with Gasteiger partial charge in [-0.15, -0.1) is 0 Å². The summed E-state index contributed by atoms with van der Waals surface area (Å²) in [6.07, 6.45) is 3.47. The van der Waals surface area contributed by atoms with Crippen molar-refractivity contribution in [3.05, 3.63) is 51.8 Å². The molecule has 21 heavy (non-hydrogen) atoms. The zero-order valence-corrected chi connectivity index (χ0v) is 12.8. The van der Waals surface area contributed by atoms with Gasteiger partial charge in [0.1, 0.15) is 5.69 Å². The lowest BCUT2D eigenvalue weighted by Gasteiger charge is -2.17. The quantitative estimate of drug-likeness (QED) is 0.884. The molecule has 0 radical (unpaired) electrons. The highest BCUT2D eigenvalue weighted by atomic mass is 35.5. The van der Waals surface area contributed by atoms with E-state index in [1.54, 1.807) is 10.9 Å². The van der Waals surface area contributed by atoms with Gasteiger partial charge in [-0.1, -0.05) is 30.7 Å². The Morgan fingerprint density at radius 2 is 2.29 bits per heavy atom. The molecule has 1 aromatic heterocycles. The summed E-state index contributed by atoms with van der Waals surface area (Å²) in [6, 6.07) is 5.92. The summed E-state index contributed by atoms with van der Waals surface area (Å²) in [7, 11) is 0. The molecule has 2 heterocycles. The van der Waals surface area contributed by atoms with Crippen molar-refractivity contribution in [2.45, 2.75) is 32.9 Å². The molecular weight excluding hydrogens is 286 g/mol. The first-order valence-electron chi connectivity index (χ1n) is 7.29. The maximum Gasteiger partial charge on any atom is 0.212 e. The van der Waals surface area contributed by atoms with Gasteiger partial charge in [-0.25, -0.2) is 0 Å². The molecule has 1 aliphatic heterocycles. The van der Waals surface area contributed by atoms with Crippen LogP contribution in [0.1, 0.15) is 40.5 Å². The van der Waals surface area contributed by atoms with Crippen molar-refractivity contribution in [1.29, 1.82) is 0 Å². The van der Waals surface area contributed by atoms with E-state index in [1.165, 1.54) is 11.1 Å². The third kappa shape index (κ3) is 2.74. The van der Waals surface area contributed by atoms with E-state index in [4.69, 9.17) is 11.6 Å². The molecule has 0 saturated carbocycles. The van der Waals surface area contributed by atoms with Crippen molar-refractivity contribution in [1.82, 2.24) is 15.1 Å². The molecule has 0 saturated heterocycles. The van der Waals surface area contributed by atoms with Crippen LogP contribution < -0.4 is 5.32 Å². The van der Waals surface area contributed by atoms with Crippen LogP contribution in [0.2, 0.25) is 5.02 Å². The van der Waals surface area contributed by atoms with E-state index in [9.17, 15) is 4.79 Å². The van der Waals surface area contributed by atoms with Gasteiger partial charge in [-0.05, 0) is 36.6 Å². The number of benzene rings is 1. The fourth-order valence-electron chi connectivity index (χ4n) is 2.73. The first-order valence-corrected chi connectivity index (χ1v) is 7.67. The average molecular weight is 304 g/mol. The zero-order chi connectivity index (χ0) is 14.8. The van der Waals surface area contributed by atoms with E-state index >= 15 is 0 Å². The number of hydrogen-bond donors (Lipinski definition) is 1. The number of fused-ring (bicyclic) bond motifs is 1. The Balaban J connectivity index is 1.97. The number of carbonyl (C=O) groups is 1. The fraction of sp³-hybridized carbons (Fsp3) is 0.375. The minimum absolute atomic E-state index is 0.0562. The molecular formula is C16H18ClN3O. The van der Waals surface area contributed by atoms with Crippen LogP contribution in [-0.2, 0) is 19.5 Å². The van der Waals surface area contributed by atoms with Gasteiger partial charge in [-0.3, -0.25) is 9.48 Å². The van der Waals surface area contributed by atoms with Crippen LogP contribution in [0.25, 0.3) is 0 Å². The van der Waals surface area contributed by atoms with E-state index in [2.05, 4.69) is 23.4 Å². The molecule has 5 heteroatoms. The second-order valence-electron chi connectivity index (χ2n) is 5.30. The predicted molar refractivity (Wildman–Crippen MR) is 82.8 cm³/mol. The predicted octanol–water partition coefficient (Wildman–Crippen LogP) is 2.82. The van der Waals surface area contributed by atoms with E-state index in [0.29, 0.717) is 22.8 Å². The van der Waals surface area contributed by atoms with Crippen LogP contribution in [0.5, 0.6) is 0 Å². The Labute approximate surface area is 129 Å². The number of nitrogens with zero attached hydrogens (tertiary/aromatic N) is 2. The number of nitrogens with one attached hydrogen (secondary N) is 1. The lowest BCUT2D eigenvalue weighted by molar-refractivity contribution is 0.102. The molecule has 1 N–H and O–H groups in total. The summed E-state index contributed by atoms with van der Waals surface area (Å²) >= 11 is 6.15. The first kappa shape index (κ1) is 14.3. The Kier molecular flexibility index (Phi) is 4.08. The van der Waals surface area contributed by atoms with Crippen LogP contribution in [-0.4, -0.2) is 22.1 Å². The van der Waals surface area contributed by atoms with E-state index in [-0.39, 0.29) is 5.78 Å². The fourth-order valence-corrected chi connectivity index (χ4v) is 2.96. The largest absolute Gasteiger partial charge is 0.312 e. The number of aryl methyl sites for hydroxylation is 1. The second kappa shape index (κ2) is 6.00. The average Bonchev–Trinajstić information content (AvgIpc) is 2.87. The van der Waals surface area contributed by atoms with Crippen molar-refractivity contribution < 1.29 is 4.79 Å². The van der Waals surface area contributed by atoms with Crippen molar-refractivity contribution >= 4 is 17.4 Å². The van der Waals surface area contributed by atoms with Gasteiger partial charge in [0.25, 0.3) is 0 Å². The van der Waals surface area contributed by atoms with E-state index in [0.717, 1.165) is 25.9 Å². The smallest absolute Gasteiger partial charge is 0.212 e. The number of halogens is 1. The molecule has 0 unspecified atom stereocenters. The molecule has 0 atom stereocenters. The third-order valence-corrected chi connectivity index (χ3v) is 4.08. The third-order valence-electron chi connectivity index (χ3n) is 3.80. The molecule has 0 amide bonds. The summed E-state index contributed by atoms with van der Waals surface area (Å²) < 4.78 is 1.70. The van der Waals surface area contributed by atoms with Crippen LogP contribution in [0, 0.1) is 0 Å². The Bertz CT molecular complexity index is 678. The van der Waals surface area contributed by atoms with Crippen LogP contribution >= 0.6 is 11.6 Å². The minimum atomic E-state index is -0.0562. The van der Waals surface area contributed by atoms with Crippen LogP contribution in [0.4, 0.5) is 0 Å². The number of hydrogen-bond acceptors (Lipinski definition) is 3. The molecule has 0 spiro atoms. The maximum absolute atomic E-state index is 12.7. The minimum Gasteiger partial charge on any atom is -0.312 e. The van der Waals surface area contributed by atoms with Gasteiger partial charge in [-0.2, -0.15) is 5.10 Å². The van der Waals surface area contributed by atoms with Crippen molar-refractivity contribution in [3.63, 3.8) is 0 Å². The SMILES string of the molecule is CCCn1ncc(Cl)c1C(=O)c1ccc2c(c1)CNCC2. The summed E-state index contributed by atoms with van der Waals surface area (Å²) in [5, 5.41) is 7.94. The van der Waals surface area contributed by atoms with Gasteiger partial charge in [0.2, 0.25) is 5.78 Å². The monoisotopic (exact) mass is 303 g/mol. The Hall–Kier alpha value is -1.65. The van der Waals surface area contributed by atoms with E-state index < -0.39 is 0 Å². The number of ketones is 1. The van der Waals surface area contributed by atoms with Gasteiger partial charge in [0.15, 0.2) is 0 Å². The molecule has 0 aliphatic carbocycles. The van der Waals surface area contributed by atoms with Crippen molar-refractivity contribution in [2.24, 2.45) is 0 Å². The van der Waals surface area contributed by atoms with Gasteiger partial charge >= 0.3 is 0 Å². The lowest BCUT2D eigenvalue weighted by atomic mass is 9.96. The normalized spacial score (nSPS) is 14.0.